The van der Waals surface area contributed by atoms with Gasteiger partial charge in [0, 0.05) is 37.6 Å². The van der Waals surface area contributed by atoms with Crippen molar-refractivity contribution in [3.8, 4) is 0 Å². The van der Waals surface area contributed by atoms with Crippen molar-refractivity contribution < 1.29 is 22.8 Å². The number of carbonyl (C=O) groups is 2. The quantitative estimate of drug-likeness (QED) is 0.536. The van der Waals surface area contributed by atoms with Crippen molar-refractivity contribution in [3.63, 3.8) is 0 Å². The topological polar surface area (TPSA) is 77.6 Å². The van der Waals surface area contributed by atoms with Gasteiger partial charge in [-0.15, -0.1) is 0 Å². The molecule has 1 aliphatic rings. The molecule has 1 aromatic heterocycles. The molecule has 1 saturated heterocycles. The summed E-state index contributed by atoms with van der Waals surface area (Å²) in [5.41, 5.74) is 0.917. The number of anilines is 3. The molecule has 0 atom stereocenters. The largest absolute Gasteiger partial charge is 0.416 e. The smallest absolute Gasteiger partial charge is 0.368 e. The number of piperazine rings is 1. The molecule has 11 heteroatoms. The van der Waals surface area contributed by atoms with E-state index in [1.165, 1.54) is 6.07 Å². The van der Waals surface area contributed by atoms with Crippen LogP contribution < -0.4 is 15.5 Å². The lowest BCUT2D eigenvalue weighted by Crippen LogP contribution is -2.48. The normalized spacial score (nSPS) is 14.1. The Hall–Kier alpha value is -3.60. The lowest BCUT2D eigenvalue weighted by molar-refractivity contribution is -0.137. The van der Waals surface area contributed by atoms with E-state index in [2.05, 4.69) is 15.6 Å². The van der Waals surface area contributed by atoms with Crippen molar-refractivity contribution in [2.24, 2.45) is 0 Å². The second-order valence-corrected chi connectivity index (χ2v) is 8.71. The number of benzene rings is 2. The zero-order valence-corrected chi connectivity index (χ0v) is 19.0. The minimum absolute atomic E-state index is 0.213. The third-order valence-corrected chi connectivity index (χ3v) is 6.41. The first-order chi connectivity index (χ1) is 16.2. The molecule has 0 radical (unpaired) electrons. The predicted octanol–water partition coefficient (Wildman–Crippen LogP) is 5.08. The molecule has 7 nitrogen and oxygen atoms in total. The zero-order valence-electron chi connectivity index (χ0n) is 18.2. The molecule has 2 aromatic carbocycles. The third kappa shape index (κ3) is 5.48. The van der Waals surface area contributed by atoms with Crippen molar-refractivity contribution in [1.82, 2.24) is 9.88 Å². The van der Waals surface area contributed by atoms with Crippen LogP contribution in [0.15, 0.2) is 54.6 Å². The van der Waals surface area contributed by atoms with E-state index in [4.69, 9.17) is 0 Å². The number of rotatable bonds is 4. The maximum absolute atomic E-state index is 13.0. The Bertz CT molecular complexity index is 1170. The van der Waals surface area contributed by atoms with Crippen LogP contribution in [0.2, 0.25) is 0 Å². The first kappa shape index (κ1) is 23.6. The highest BCUT2D eigenvalue weighted by molar-refractivity contribution is 7.17. The van der Waals surface area contributed by atoms with E-state index < -0.39 is 17.8 Å². The fourth-order valence-electron chi connectivity index (χ4n) is 3.62. The minimum Gasteiger partial charge on any atom is -0.368 e. The second kappa shape index (κ2) is 9.72. The monoisotopic (exact) mass is 489 g/mol. The van der Waals surface area contributed by atoms with Gasteiger partial charge in [0.15, 0.2) is 5.13 Å². The molecule has 3 amide bonds. The van der Waals surface area contributed by atoms with E-state index in [9.17, 15) is 22.8 Å². The molecule has 4 rings (SSSR count). The van der Waals surface area contributed by atoms with Crippen LogP contribution in [0.3, 0.4) is 0 Å². The lowest BCUT2D eigenvalue weighted by atomic mass is 10.1. The molecular formula is C23H22F3N5O2S. The lowest BCUT2D eigenvalue weighted by Gasteiger charge is -2.36. The van der Waals surface area contributed by atoms with Gasteiger partial charge >= 0.3 is 12.2 Å². The van der Waals surface area contributed by atoms with Gasteiger partial charge in [-0.2, -0.15) is 13.2 Å². The van der Waals surface area contributed by atoms with Crippen LogP contribution in [0.1, 0.15) is 20.9 Å². The summed E-state index contributed by atoms with van der Waals surface area (Å²) >= 11 is 1.09. The van der Waals surface area contributed by atoms with Crippen LogP contribution >= 0.6 is 11.3 Å². The SMILES string of the molecule is Cc1nc(NC(=O)Nc2ccccc2)sc1C(=O)N1CCN(c2cccc(C(F)(F)F)c2)CC1. The minimum atomic E-state index is -4.40. The van der Waals surface area contributed by atoms with Gasteiger partial charge in [0.25, 0.3) is 5.91 Å². The maximum Gasteiger partial charge on any atom is 0.416 e. The first-order valence-corrected chi connectivity index (χ1v) is 11.3. The molecule has 1 aliphatic heterocycles. The molecule has 0 unspecified atom stereocenters. The first-order valence-electron chi connectivity index (χ1n) is 10.5. The maximum atomic E-state index is 13.0. The Morgan fingerprint density at radius 1 is 0.971 bits per heavy atom. The number of halogens is 3. The van der Waals surface area contributed by atoms with Crippen LogP contribution in [0.5, 0.6) is 0 Å². The molecule has 0 bridgehead atoms. The van der Waals surface area contributed by atoms with Gasteiger partial charge in [-0.05, 0) is 37.3 Å². The number of hydrogen-bond donors (Lipinski definition) is 2. The molecule has 1 fully saturated rings. The van der Waals surface area contributed by atoms with Crippen molar-refractivity contribution in [3.05, 3.63) is 70.7 Å². The number of nitrogens with one attached hydrogen (secondary N) is 2. The number of aromatic nitrogens is 1. The Balaban J connectivity index is 1.36. The fourth-order valence-corrected chi connectivity index (χ4v) is 4.55. The highest BCUT2D eigenvalue weighted by atomic mass is 32.1. The van der Waals surface area contributed by atoms with Crippen molar-refractivity contribution >= 4 is 39.8 Å². The van der Waals surface area contributed by atoms with E-state index in [0.717, 1.165) is 23.5 Å². The van der Waals surface area contributed by atoms with E-state index >= 15 is 0 Å². The van der Waals surface area contributed by atoms with Crippen molar-refractivity contribution in [2.75, 3.05) is 41.7 Å². The third-order valence-electron chi connectivity index (χ3n) is 5.35. The highest BCUT2D eigenvalue weighted by Crippen LogP contribution is 2.32. The van der Waals surface area contributed by atoms with Gasteiger partial charge in [-0.1, -0.05) is 35.6 Å². The summed E-state index contributed by atoms with van der Waals surface area (Å²) < 4.78 is 39.0. The summed E-state index contributed by atoms with van der Waals surface area (Å²) in [5, 5.41) is 5.64. The number of carbonyl (C=O) groups excluding carboxylic acids is 2. The molecular weight excluding hydrogens is 467 g/mol. The number of para-hydroxylation sites is 1. The van der Waals surface area contributed by atoms with Gasteiger partial charge < -0.3 is 15.1 Å². The summed E-state index contributed by atoms with van der Waals surface area (Å²) in [7, 11) is 0. The Labute approximate surface area is 198 Å². The Kier molecular flexibility index (Phi) is 6.73. The van der Waals surface area contributed by atoms with Crippen LogP contribution in [0.25, 0.3) is 0 Å². The van der Waals surface area contributed by atoms with Crippen LogP contribution in [-0.4, -0.2) is 48.0 Å². The summed E-state index contributed by atoms with van der Waals surface area (Å²) in [5.74, 6) is -0.213. The standard InChI is InChI=1S/C23H22F3N5O2S/c1-15-19(34-22(27-15)29-21(33)28-17-7-3-2-4-8-17)20(32)31-12-10-30(11-13-31)18-9-5-6-16(14-18)23(24,25)26/h2-9,14H,10-13H2,1H3,(H2,27,28,29,33). The Morgan fingerprint density at radius 3 is 2.35 bits per heavy atom. The van der Waals surface area contributed by atoms with Crippen LogP contribution in [-0.2, 0) is 6.18 Å². The predicted molar refractivity (Wildman–Crippen MR) is 125 cm³/mol. The summed E-state index contributed by atoms with van der Waals surface area (Å²) in [6, 6.07) is 13.7. The summed E-state index contributed by atoms with van der Waals surface area (Å²) in [6.45, 7) is 3.25. The number of thiazole rings is 1. The number of nitrogens with zero attached hydrogens (tertiary/aromatic N) is 3. The van der Waals surface area contributed by atoms with Crippen molar-refractivity contribution in [1.29, 1.82) is 0 Å². The van der Waals surface area contributed by atoms with Crippen molar-refractivity contribution in [2.45, 2.75) is 13.1 Å². The van der Waals surface area contributed by atoms with Gasteiger partial charge in [0.2, 0.25) is 0 Å². The fraction of sp³-hybridized carbons (Fsp3) is 0.261. The molecule has 0 aliphatic carbocycles. The zero-order chi connectivity index (χ0) is 24.3. The van der Waals surface area contributed by atoms with Gasteiger partial charge in [-0.3, -0.25) is 10.1 Å². The summed E-state index contributed by atoms with van der Waals surface area (Å²) in [4.78, 5) is 33.4. The molecule has 178 valence electrons. The number of alkyl halides is 3. The van der Waals surface area contributed by atoms with Gasteiger partial charge in [0.1, 0.15) is 4.88 Å². The molecule has 2 heterocycles. The molecule has 0 spiro atoms. The second-order valence-electron chi connectivity index (χ2n) is 7.71. The van der Waals surface area contributed by atoms with E-state index in [1.807, 2.05) is 11.0 Å². The number of aryl methyl sites for hydroxylation is 1. The number of hydrogen-bond acceptors (Lipinski definition) is 5. The van der Waals surface area contributed by atoms with E-state index in [-0.39, 0.29) is 5.91 Å². The van der Waals surface area contributed by atoms with Crippen LogP contribution in [0.4, 0.5) is 34.5 Å². The van der Waals surface area contributed by atoms with E-state index in [0.29, 0.717) is 53.3 Å². The van der Waals surface area contributed by atoms with E-state index in [1.54, 1.807) is 42.2 Å². The highest BCUT2D eigenvalue weighted by Gasteiger charge is 2.31. The van der Waals surface area contributed by atoms with Gasteiger partial charge in [-0.25, -0.2) is 9.78 Å². The average molecular weight is 490 g/mol. The Morgan fingerprint density at radius 2 is 1.68 bits per heavy atom. The average Bonchev–Trinajstić information content (AvgIpc) is 3.18. The summed E-state index contributed by atoms with van der Waals surface area (Å²) in [6.07, 6.45) is -4.40. The number of urea groups is 1. The van der Waals surface area contributed by atoms with Crippen LogP contribution in [0, 0.1) is 6.92 Å². The molecule has 0 saturated carbocycles. The number of amides is 3. The molecule has 3 aromatic rings. The molecule has 2 N–H and O–H groups in total. The molecule has 34 heavy (non-hydrogen) atoms. The van der Waals surface area contributed by atoms with Gasteiger partial charge in [0.05, 0.1) is 11.3 Å².